The van der Waals surface area contributed by atoms with Crippen molar-refractivity contribution in [3.63, 3.8) is 0 Å². The molecule has 0 bridgehead atoms. The number of rotatable bonds is 4. The average molecular weight is 385 g/mol. The SMILES string of the molecule is CCCC(c1cccc(Br)c1)n1ccc(Br)cc1=O. The predicted octanol–water partition coefficient (Wildman–Crippen LogP) is 4.76. The Kier molecular flexibility index (Phi) is 4.99. The second-order valence-corrected chi connectivity index (χ2v) is 6.28. The summed E-state index contributed by atoms with van der Waals surface area (Å²) in [5.41, 5.74) is 1.17. The first kappa shape index (κ1) is 14.5. The number of halogens is 2. The third-order valence-corrected chi connectivity index (χ3v) is 4.03. The fourth-order valence-electron chi connectivity index (χ4n) is 2.18. The van der Waals surface area contributed by atoms with E-state index in [0.29, 0.717) is 0 Å². The maximum Gasteiger partial charge on any atom is 0.252 e. The van der Waals surface area contributed by atoms with E-state index in [1.165, 1.54) is 0 Å². The molecule has 0 amide bonds. The summed E-state index contributed by atoms with van der Waals surface area (Å²) in [6.45, 7) is 2.13. The Labute approximate surface area is 129 Å². The van der Waals surface area contributed by atoms with Crippen LogP contribution in [0, 0.1) is 0 Å². The third-order valence-electron chi connectivity index (χ3n) is 3.04. The molecule has 0 radical (unpaired) electrons. The van der Waals surface area contributed by atoms with E-state index in [0.717, 1.165) is 27.4 Å². The standard InChI is InChI=1S/C15H15Br2NO/c1-2-4-14(11-5-3-6-12(16)9-11)18-8-7-13(17)10-15(18)19/h3,5-10,14H,2,4H2,1H3. The minimum absolute atomic E-state index is 0.0211. The summed E-state index contributed by atoms with van der Waals surface area (Å²) in [4.78, 5) is 12.1. The van der Waals surface area contributed by atoms with E-state index in [2.05, 4.69) is 50.9 Å². The van der Waals surface area contributed by atoms with Gasteiger partial charge in [0.2, 0.25) is 0 Å². The minimum atomic E-state index is 0.0211. The second-order valence-electron chi connectivity index (χ2n) is 4.45. The van der Waals surface area contributed by atoms with Gasteiger partial charge in [0.15, 0.2) is 0 Å². The van der Waals surface area contributed by atoms with Crippen molar-refractivity contribution in [3.05, 3.63) is 67.5 Å². The molecule has 1 aromatic carbocycles. The van der Waals surface area contributed by atoms with Gasteiger partial charge in [-0.05, 0) is 30.2 Å². The number of aromatic nitrogens is 1. The van der Waals surface area contributed by atoms with Crippen LogP contribution >= 0.6 is 31.9 Å². The molecule has 0 saturated carbocycles. The smallest absolute Gasteiger partial charge is 0.252 e. The van der Waals surface area contributed by atoms with Gasteiger partial charge in [0.25, 0.3) is 5.56 Å². The predicted molar refractivity (Wildman–Crippen MR) is 85.6 cm³/mol. The molecule has 0 N–H and O–H groups in total. The summed E-state index contributed by atoms with van der Waals surface area (Å²) < 4.78 is 3.66. The number of nitrogens with zero attached hydrogens (tertiary/aromatic N) is 1. The Bertz CT molecular complexity index is 622. The van der Waals surface area contributed by atoms with Gasteiger partial charge in [-0.2, -0.15) is 0 Å². The molecule has 0 aliphatic heterocycles. The van der Waals surface area contributed by atoms with Crippen LogP contribution in [0.1, 0.15) is 31.4 Å². The molecular formula is C15H15Br2NO. The van der Waals surface area contributed by atoms with Crippen LogP contribution in [0.4, 0.5) is 0 Å². The van der Waals surface area contributed by atoms with Crippen LogP contribution in [0.15, 0.2) is 56.3 Å². The molecule has 19 heavy (non-hydrogen) atoms. The molecule has 0 aliphatic rings. The van der Waals surface area contributed by atoms with Crippen molar-refractivity contribution in [2.75, 3.05) is 0 Å². The lowest BCUT2D eigenvalue weighted by Crippen LogP contribution is -2.24. The van der Waals surface area contributed by atoms with Crippen molar-refractivity contribution in [2.45, 2.75) is 25.8 Å². The topological polar surface area (TPSA) is 22.0 Å². The zero-order valence-corrected chi connectivity index (χ0v) is 13.8. The molecule has 4 heteroatoms. The van der Waals surface area contributed by atoms with E-state index in [9.17, 15) is 4.79 Å². The molecule has 2 aromatic rings. The highest BCUT2D eigenvalue weighted by Gasteiger charge is 2.14. The number of hydrogen-bond donors (Lipinski definition) is 0. The van der Waals surface area contributed by atoms with Crippen molar-refractivity contribution in [1.82, 2.24) is 4.57 Å². The lowest BCUT2D eigenvalue weighted by Gasteiger charge is -2.20. The van der Waals surface area contributed by atoms with Gasteiger partial charge in [0.05, 0.1) is 6.04 Å². The third kappa shape index (κ3) is 3.57. The average Bonchev–Trinajstić information content (AvgIpc) is 2.37. The molecule has 0 spiro atoms. The largest absolute Gasteiger partial charge is 0.308 e. The normalized spacial score (nSPS) is 12.4. The lowest BCUT2D eigenvalue weighted by atomic mass is 10.0. The van der Waals surface area contributed by atoms with Gasteiger partial charge >= 0.3 is 0 Å². The molecule has 0 fully saturated rings. The molecule has 1 unspecified atom stereocenters. The molecule has 0 aliphatic carbocycles. The maximum atomic E-state index is 12.1. The second kappa shape index (κ2) is 6.53. The summed E-state index contributed by atoms with van der Waals surface area (Å²) in [6.07, 6.45) is 3.82. The van der Waals surface area contributed by atoms with Gasteiger partial charge in [-0.1, -0.05) is 57.3 Å². The molecule has 1 atom stereocenters. The molecular weight excluding hydrogens is 370 g/mol. The summed E-state index contributed by atoms with van der Waals surface area (Å²) in [7, 11) is 0. The first-order chi connectivity index (χ1) is 9.11. The Morgan fingerprint density at radius 3 is 2.53 bits per heavy atom. The summed E-state index contributed by atoms with van der Waals surface area (Å²) >= 11 is 6.82. The fraction of sp³-hybridized carbons (Fsp3) is 0.267. The highest BCUT2D eigenvalue weighted by molar-refractivity contribution is 9.10. The highest BCUT2D eigenvalue weighted by Crippen LogP contribution is 2.25. The Morgan fingerprint density at radius 1 is 1.16 bits per heavy atom. The van der Waals surface area contributed by atoms with Crippen LogP contribution in [0.2, 0.25) is 0 Å². The summed E-state index contributed by atoms with van der Waals surface area (Å²) in [6, 6.07) is 11.8. The first-order valence-electron chi connectivity index (χ1n) is 6.25. The van der Waals surface area contributed by atoms with Gasteiger partial charge in [0.1, 0.15) is 0 Å². The van der Waals surface area contributed by atoms with E-state index in [-0.39, 0.29) is 11.6 Å². The van der Waals surface area contributed by atoms with Crippen molar-refractivity contribution in [1.29, 1.82) is 0 Å². The number of hydrogen-bond acceptors (Lipinski definition) is 1. The maximum absolute atomic E-state index is 12.1. The quantitative estimate of drug-likeness (QED) is 0.744. The number of benzene rings is 1. The van der Waals surface area contributed by atoms with Crippen LogP contribution in [0.5, 0.6) is 0 Å². The highest BCUT2D eigenvalue weighted by atomic mass is 79.9. The van der Waals surface area contributed by atoms with Gasteiger partial charge in [-0.25, -0.2) is 0 Å². The Morgan fingerprint density at radius 2 is 1.89 bits per heavy atom. The van der Waals surface area contributed by atoms with Gasteiger partial charge < -0.3 is 4.57 Å². The molecule has 1 heterocycles. The van der Waals surface area contributed by atoms with Crippen LogP contribution < -0.4 is 5.56 Å². The van der Waals surface area contributed by atoms with Crippen LogP contribution in [0.25, 0.3) is 0 Å². The Balaban J connectivity index is 2.48. The first-order valence-corrected chi connectivity index (χ1v) is 7.83. The summed E-state index contributed by atoms with van der Waals surface area (Å²) in [5, 5.41) is 0. The van der Waals surface area contributed by atoms with Gasteiger partial charge in [-0.3, -0.25) is 4.79 Å². The zero-order valence-electron chi connectivity index (χ0n) is 10.6. The zero-order chi connectivity index (χ0) is 13.8. The van der Waals surface area contributed by atoms with Crippen molar-refractivity contribution in [2.24, 2.45) is 0 Å². The van der Waals surface area contributed by atoms with E-state index in [4.69, 9.17) is 0 Å². The molecule has 1 aromatic heterocycles. The molecule has 0 saturated heterocycles. The fourth-order valence-corrected chi connectivity index (χ4v) is 2.91. The van der Waals surface area contributed by atoms with E-state index in [1.807, 2.05) is 24.4 Å². The number of pyridine rings is 1. The van der Waals surface area contributed by atoms with Crippen molar-refractivity contribution >= 4 is 31.9 Å². The van der Waals surface area contributed by atoms with Crippen LogP contribution in [-0.2, 0) is 0 Å². The van der Waals surface area contributed by atoms with E-state index >= 15 is 0 Å². The summed E-state index contributed by atoms with van der Waals surface area (Å²) in [5.74, 6) is 0. The van der Waals surface area contributed by atoms with E-state index < -0.39 is 0 Å². The molecule has 2 rings (SSSR count). The lowest BCUT2D eigenvalue weighted by molar-refractivity contribution is 0.517. The van der Waals surface area contributed by atoms with Crippen LogP contribution in [0.3, 0.4) is 0 Å². The van der Waals surface area contributed by atoms with E-state index in [1.54, 1.807) is 10.6 Å². The Hall–Kier alpha value is -0.870. The molecule has 2 nitrogen and oxygen atoms in total. The molecule has 100 valence electrons. The minimum Gasteiger partial charge on any atom is -0.308 e. The monoisotopic (exact) mass is 383 g/mol. The van der Waals surface area contributed by atoms with Gasteiger partial charge in [-0.15, -0.1) is 0 Å². The van der Waals surface area contributed by atoms with Crippen molar-refractivity contribution < 1.29 is 0 Å². The van der Waals surface area contributed by atoms with Crippen molar-refractivity contribution in [3.8, 4) is 0 Å². The van der Waals surface area contributed by atoms with Gasteiger partial charge in [0, 0.05) is 21.2 Å². The van der Waals surface area contributed by atoms with Crippen LogP contribution in [-0.4, -0.2) is 4.57 Å².